The molecule has 1 fully saturated rings. The van der Waals surface area contributed by atoms with Gasteiger partial charge in [-0.2, -0.15) is 0 Å². The zero-order valence-corrected chi connectivity index (χ0v) is 12.3. The second kappa shape index (κ2) is 5.11. The van der Waals surface area contributed by atoms with Gasteiger partial charge in [0.2, 0.25) is 10.0 Å². The Morgan fingerprint density at radius 3 is 2.58 bits per heavy atom. The Bertz CT molecular complexity index is 551. The van der Waals surface area contributed by atoms with Gasteiger partial charge < -0.3 is 10.1 Å². The molecule has 2 rings (SSSR count). The van der Waals surface area contributed by atoms with E-state index in [2.05, 4.69) is 12.2 Å². The van der Waals surface area contributed by atoms with E-state index < -0.39 is 10.0 Å². The van der Waals surface area contributed by atoms with Crippen molar-refractivity contribution >= 4 is 15.7 Å². The SMILES string of the molecule is CN(C)S(=O)(=O)c1cccc(NCC2(C)COC2)c1. The molecule has 106 valence electrons. The highest BCUT2D eigenvalue weighted by Gasteiger charge is 2.33. The van der Waals surface area contributed by atoms with Crippen LogP contribution in [0.1, 0.15) is 6.92 Å². The lowest BCUT2D eigenvalue weighted by molar-refractivity contribution is -0.0924. The van der Waals surface area contributed by atoms with Crippen molar-refractivity contribution in [3.05, 3.63) is 24.3 Å². The molecule has 0 radical (unpaired) electrons. The van der Waals surface area contributed by atoms with Gasteiger partial charge in [0.1, 0.15) is 0 Å². The summed E-state index contributed by atoms with van der Waals surface area (Å²) >= 11 is 0. The van der Waals surface area contributed by atoms with E-state index in [0.717, 1.165) is 25.4 Å². The Kier molecular flexibility index (Phi) is 3.85. The Morgan fingerprint density at radius 1 is 1.37 bits per heavy atom. The molecule has 1 aliphatic rings. The fourth-order valence-electron chi connectivity index (χ4n) is 1.85. The van der Waals surface area contributed by atoms with Gasteiger partial charge in [-0.1, -0.05) is 13.0 Å². The van der Waals surface area contributed by atoms with Crippen LogP contribution in [0.25, 0.3) is 0 Å². The minimum Gasteiger partial charge on any atom is -0.384 e. The topological polar surface area (TPSA) is 58.6 Å². The molecule has 0 aliphatic carbocycles. The van der Waals surface area contributed by atoms with E-state index in [4.69, 9.17) is 4.74 Å². The average Bonchev–Trinajstić information content (AvgIpc) is 2.34. The molecule has 5 nitrogen and oxygen atoms in total. The molecule has 0 amide bonds. The average molecular weight is 284 g/mol. The summed E-state index contributed by atoms with van der Waals surface area (Å²) in [6.07, 6.45) is 0. The predicted octanol–water partition coefficient (Wildman–Crippen LogP) is 1.39. The summed E-state index contributed by atoms with van der Waals surface area (Å²) in [6, 6.07) is 6.89. The van der Waals surface area contributed by atoms with Gasteiger partial charge in [0.25, 0.3) is 0 Å². The molecular weight excluding hydrogens is 264 g/mol. The van der Waals surface area contributed by atoms with E-state index in [1.807, 2.05) is 6.07 Å². The first kappa shape index (κ1) is 14.3. The summed E-state index contributed by atoms with van der Waals surface area (Å²) < 4.78 is 30.5. The number of hydrogen-bond acceptors (Lipinski definition) is 4. The van der Waals surface area contributed by atoms with Gasteiger partial charge in [0.05, 0.1) is 18.1 Å². The number of ether oxygens (including phenoxy) is 1. The Labute approximate surface area is 114 Å². The zero-order chi connectivity index (χ0) is 14.1. The summed E-state index contributed by atoms with van der Waals surface area (Å²) in [4.78, 5) is 0.303. The number of benzene rings is 1. The smallest absolute Gasteiger partial charge is 0.242 e. The monoisotopic (exact) mass is 284 g/mol. The first-order valence-corrected chi connectivity index (χ1v) is 7.62. The van der Waals surface area contributed by atoms with Crippen LogP contribution in [0.4, 0.5) is 5.69 Å². The molecule has 0 spiro atoms. The lowest BCUT2D eigenvalue weighted by Gasteiger charge is -2.38. The van der Waals surface area contributed by atoms with Gasteiger partial charge in [-0.15, -0.1) is 0 Å². The highest BCUT2D eigenvalue weighted by atomic mass is 32.2. The molecule has 0 atom stereocenters. The van der Waals surface area contributed by atoms with Crippen LogP contribution in [0.3, 0.4) is 0 Å². The van der Waals surface area contributed by atoms with Crippen LogP contribution in [0.2, 0.25) is 0 Å². The largest absolute Gasteiger partial charge is 0.384 e. The minimum atomic E-state index is -3.38. The van der Waals surface area contributed by atoms with E-state index in [1.165, 1.54) is 18.4 Å². The van der Waals surface area contributed by atoms with Crippen LogP contribution in [0, 0.1) is 5.41 Å². The van der Waals surface area contributed by atoms with E-state index in [9.17, 15) is 8.42 Å². The third kappa shape index (κ3) is 3.08. The summed E-state index contributed by atoms with van der Waals surface area (Å²) in [6.45, 7) is 4.41. The van der Waals surface area contributed by atoms with Gasteiger partial charge in [0, 0.05) is 31.7 Å². The molecule has 1 aliphatic heterocycles. The summed E-state index contributed by atoms with van der Waals surface area (Å²) in [5.41, 5.74) is 0.965. The van der Waals surface area contributed by atoms with E-state index in [-0.39, 0.29) is 5.41 Å². The first-order chi connectivity index (χ1) is 8.83. The van der Waals surface area contributed by atoms with Crippen LogP contribution < -0.4 is 5.32 Å². The Morgan fingerprint density at radius 2 is 2.05 bits per heavy atom. The molecule has 1 aromatic rings. The number of nitrogens with one attached hydrogen (secondary N) is 1. The Hall–Kier alpha value is -1.11. The van der Waals surface area contributed by atoms with Crippen molar-refractivity contribution in [2.45, 2.75) is 11.8 Å². The molecule has 1 heterocycles. The molecule has 19 heavy (non-hydrogen) atoms. The maximum absolute atomic E-state index is 12.0. The molecule has 1 saturated heterocycles. The second-order valence-corrected chi connectivity index (χ2v) is 7.62. The second-order valence-electron chi connectivity index (χ2n) is 5.47. The lowest BCUT2D eigenvalue weighted by atomic mass is 9.89. The predicted molar refractivity (Wildman–Crippen MR) is 74.7 cm³/mol. The molecule has 1 aromatic carbocycles. The van der Waals surface area contributed by atoms with Gasteiger partial charge in [-0.05, 0) is 18.2 Å². The molecule has 0 bridgehead atoms. The molecule has 0 unspecified atom stereocenters. The van der Waals surface area contributed by atoms with Crippen LogP contribution in [-0.2, 0) is 14.8 Å². The highest BCUT2D eigenvalue weighted by Crippen LogP contribution is 2.27. The first-order valence-electron chi connectivity index (χ1n) is 6.18. The summed E-state index contributed by atoms with van der Waals surface area (Å²) in [5, 5.41) is 3.28. The quantitative estimate of drug-likeness (QED) is 0.887. The number of rotatable bonds is 5. The maximum atomic E-state index is 12.0. The number of hydrogen-bond donors (Lipinski definition) is 1. The molecule has 0 saturated carbocycles. The van der Waals surface area contributed by atoms with Gasteiger partial charge in [-0.25, -0.2) is 12.7 Å². The van der Waals surface area contributed by atoms with Crippen molar-refractivity contribution in [2.24, 2.45) is 5.41 Å². The van der Waals surface area contributed by atoms with Crippen LogP contribution in [0.5, 0.6) is 0 Å². The third-order valence-electron chi connectivity index (χ3n) is 3.23. The Balaban J connectivity index is 2.11. The number of sulfonamides is 1. The maximum Gasteiger partial charge on any atom is 0.242 e. The van der Waals surface area contributed by atoms with E-state index in [0.29, 0.717) is 4.90 Å². The number of nitrogens with zero attached hydrogens (tertiary/aromatic N) is 1. The van der Waals surface area contributed by atoms with Gasteiger partial charge in [-0.3, -0.25) is 0 Å². The normalized spacial score (nSPS) is 18.1. The highest BCUT2D eigenvalue weighted by molar-refractivity contribution is 7.89. The van der Waals surface area contributed by atoms with Crippen molar-refractivity contribution in [3.63, 3.8) is 0 Å². The van der Waals surface area contributed by atoms with Crippen LogP contribution in [-0.4, -0.2) is 46.6 Å². The summed E-state index contributed by atoms with van der Waals surface area (Å²) in [5.74, 6) is 0. The summed E-state index contributed by atoms with van der Waals surface area (Å²) in [7, 11) is -0.316. The van der Waals surface area contributed by atoms with Crippen molar-refractivity contribution in [3.8, 4) is 0 Å². The molecular formula is C13H20N2O3S. The van der Waals surface area contributed by atoms with Crippen molar-refractivity contribution in [2.75, 3.05) is 39.2 Å². The molecule has 1 N–H and O–H groups in total. The zero-order valence-electron chi connectivity index (χ0n) is 11.5. The lowest BCUT2D eigenvalue weighted by Crippen LogP contribution is -2.45. The molecule has 0 aromatic heterocycles. The van der Waals surface area contributed by atoms with Crippen LogP contribution >= 0.6 is 0 Å². The molecule has 6 heteroatoms. The third-order valence-corrected chi connectivity index (χ3v) is 5.04. The van der Waals surface area contributed by atoms with E-state index in [1.54, 1.807) is 18.2 Å². The number of anilines is 1. The van der Waals surface area contributed by atoms with Crippen molar-refractivity contribution in [1.82, 2.24) is 4.31 Å². The van der Waals surface area contributed by atoms with Crippen molar-refractivity contribution in [1.29, 1.82) is 0 Å². The fourth-order valence-corrected chi connectivity index (χ4v) is 2.79. The van der Waals surface area contributed by atoms with Gasteiger partial charge in [0.15, 0.2) is 0 Å². The van der Waals surface area contributed by atoms with E-state index >= 15 is 0 Å². The van der Waals surface area contributed by atoms with Crippen LogP contribution in [0.15, 0.2) is 29.2 Å². The van der Waals surface area contributed by atoms with Crippen molar-refractivity contribution < 1.29 is 13.2 Å². The minimum absolute atomic E-state index is 0.149. The van der Waals surface area contributed by atoms with Gasteiger partial charge >= 0.3 is 0 Å². The fraction of sp³-hybridized carbons (Fsp3) is 0.538. The standard InChI is InChI=1S/C13H20N2O3S/c1-13(9-18-10-13)8-14-11-5-4-6-12(7-11)19(16,17)15(2)3/h4-7,14H,8-10H2,1-3H3.